The van der Waals surface area contributed by atoms with E-state index < -0.39 is 21.7 Å². The molecule has 154 valence electrons. The van der Waals surface area contributed by atoms with Gasteiger partial charge in [-0.2, -0.15) is 0 Å². The number of anilines is 2. The number of carbonyl (C=O) groups is 1. The second-order valence-electron chi connectivity index (χ2n) is 7.09. The van der Waals surface area contributed by atoms with Crippen LogP contribution in [0.5, 0.6) is 0 Å². The van der Waals surface area contributed by atoms with Crippen LogP contribution in [0.25, 0.3) is 0 Å². The number of nitrogens with zero attached hydrogens (tertiary/aromatic N) is 1. The van der Waals surface area contributed by atoms with Crippen LogP contribution in [0.3, 0.4) is 0 Å². The highest BCUT2D eigenvalue weighted by Gasteiger charge is 2.36. The number of hydrogen-bond donors (Lipinski definition) is 1. The highest BCUT2D eigenvalue weighted by atomic mass is 79.9. The van der Waals surface area contributed by atoms with Crippen molar-refractivity contribution in [3.8, 4) is 0 Å². The molecule has 1 heterocycles. The van der Waals surface area contributed by atoms with Gasteiger partial charge in [0.05, 0.1) is 16.3 Å². The molecule has 0 saturated heterocycles. The van der Waals surface area contributed by atoms with Gasteiger partial charge in [0.1, 0.15) is 5.82 Å². The van der Waals surface area contributed by atoms with Crippen LogP contribution in [0.2, 0.25) is 0 Å². The molecule has 0 bridgehead atoms. The van der Waals surface area contributed by atoms with Gasteiger partial charge < -0.3 is 5.32 Å². The zero-order chi connectivity index (χ0) is 21.5. The average molecular weight is 489 g/mol. The molecular formula is C22H18BrFN2O3S. The van der Waals surface area contributed by atoms with E-state index in [-0.39, 0.29) is 16.6 Å². The molecule has 30 heavy (non-hydrogen) atoms. The first-order valence-corrected chi connectivity index (χ1v) is 11.5. The summed E-state index contributed by atoms with van der Waals surface area (Å²) in [6, 6.07) is 17.2. The zero-order valence-electron chi connectivity index (χ0n) is 16.0. The molecule has 0 spiro atoms. The number of hydrogen-bond acceptors (Lipinski definition) is 3. The van der Waals surface area contributed by atoms with Crippen LogP contribution in [-0.2, 0) is 16.4 Å². The molecule has 0 aliphatic carbocycles. The molecule has 0 radical (unpaired) electrons. The summed E-state index contributed by atoms with van der Waals surface area (Å²) in [6.45, 7) is 1.83. The third kappa shape index (κ3) is 3.73. The lowest BCUT2D eigenvalue weighted by atomic mass is 10.1. The zero-order valence-corrected chi connectivity index (χ0v) is 18.4. The molecule has 5 nitrogen and oxygen atoms in total. The summed E-state index contributed by atoms with van der Waals surface area (Å²) in [5.74, 6) is -1.01. The summed E-state index contributed by atoms with van der Waals surface area (Å²) < 4.78 is 42.3. The van der Waals surface area contributed by atoms with Crippen LogP contribution < -0.4 is 9.62 Å². The van der Waals surface area contributed by atoms with E-state index in [1.165, 1.54) is 16.4 Å². The van der Waals surface area contributed by atoms with E-state index in [2.05, 4.69) is 21.2 Å². The normalized spacial score (nSPS) is 15.7. The van der Waals surface area contributed by atoms with E-state index in [9.17, 15) is 17.6 Å². The summed E-state index contributed by atoms with van der Waals surface area (Å²) in [5, 5.41) is 2.56. The van der Waals surface area contributed by atoms with Crippen molar-refractivity contribution >= 4 is 43.2 Å². The van der Waals surface area contributed by atoms with Crippen molar-refractivity contribution in [3.63, 3.8) is 0 Å². The van der Waals surface area contributed by atoms with Crippen molar-refractivity contribution in [2.24, 2.45) is 0 Å². The number of benzene rings is 3. The summed E-state index contributed by atoms with van der Waals surface area (Å²) in [7, 11) is -3.71. The van der Waals surface area contributed by atoms with Crippen LogP contribution in [0.4, 0.5) is 15.8 Å². The monoisotopic (exact) mass is 488 g/mol. The summed E-state index contributed by atoms with van der Waals surface area (Å²) in [6.07, 6.45) is 0.481. The van der Waals surface area contributed by atoms with E-state index in [0.29, 0.717) is 22.1 Å². The lowest BCUT2D eigenvalue weighted by Gasteiger charge is -2.24. The standard InChI is InChI=1S/C22H18BrFN2O3S/c1-14-11-16-12-15(22(27)25-20-9-8-17(23)13-19(20)24)7-10-21(16)26(14)30(28,29)18-5-3-2-4-6-18/h2-10,12-14H,11H2,1H3,(H,25,27)/t14-/m1/s1. The Kier molecular flexibility index (Phi) is 5.38. The SMILES string of the molecule is C[C@@H]1Cc2cc(C(=O)Nc3ccc(Br)cc3F)ccc2N1S(=O)(=O)c1ccccc1. The fourth-order valence-corrected chi connectivity index (χ4v) is 5.65. The maximum Gasteiger partial charge on any atom is 0.264 e. The molecule has 0 unspecified atom stereocenters. The van der Waals surface area contributed by atoms with E-state index in [4.69, 9.17) is 0 Å². The Balaban J connectivity index is 1.63. The first-order valence-electron chi connectivity index (χ1n) is 9.26. The summed E-state index contributed by atoms with van der Waals surface area (Å²) >= 11 is 3.18. The molecule has 1 aliphatic rings. The fraction of sp³-hybridized carbons (Fsp3) is 0.136. The summed E-state index contributed by atoms with van der Waals surface area (Å²) in [4.78, 5) is 12.8. The maximum absolute atomic E-state index is 14.0. The number of rotatable bonds is 4. The Hall–Kier alpha value is -2.71. The third-order valence-corrected chi connectivity index (χ3v) is 7.41. The van der Waals surface area contributed by atoms with Crippen LogP contribution in [0, 0.1) is 5.82 Å². The van der Waals surface area contributed by atoms with Crippen molar-refractivity contribution in [1.29, 1.82) is 0 Å². The first-order chi connectivity index (χ1) is 14.3. The Morgan fingerprint density at radius 2 is 1.83 bits per heavy atom. The van der Waals surface area contributed by atoms with Crippen molar-refractivity contribution in [2.45, 2.75) is 24.3 Å². The molecule has 1 amide bonds. The van der Waals surface area contributed by atoms with Crippen LogP contribution >= 0.6 is 15.9 Å². The molecule has 0 saturated carbocycles. The van der Waals surface area contributed by atoms with Gasteiger partial charge in [-0.05, 0) is 67.4 Å². The number of halogens is 2. The summed E-state index contributed by atoms with van der Waals surface area (Å²) in [5.41, 5.74) is 1.72. The van der Waals surface area contributed by atoms with Crippen molar-refractivity contribution in [3.05, 3.63) is 88.1 Å². The molecule has 0 fully saturated rings. The lowest BCUT2D eigenvalue weighted by molar-refractivity contribution is 0.102. The molecular weight excluding hydrogens is 471 g/mol. The third-order valence-electron chi connectivity index (χ3n) is 4.97. The lowest BCUT2D eigenvalue weighted by Crippen LogP contribution is -2.35. The number of amides is 1. The highest BCUT2D eigenvalue weighted by Crippen LogP contribution is 2.37. The number of sulfonamides is 1. The minimum atomic E-state index is -3.71. The molecule has 1 aliphatic heterocycles. The van der Waals surface area contributed by atoms with Gasteiger partial charge in [-0.1, -0.05) is 34.1 Å². The van der Waals surface area contributed by atoms with Gasteiger partial charge in [-0.15, -0.1) is 0 Å². The van der Waals surface area contributed by atoms with E-state index in [1.807, 2.05) is 6.92 Å². The molecule has 1 N–H and O–H groups in total. The Labute approximate surface area is 182 Å². The molecule has 1 atom stereocenters. The quantitative estimate of drug-likeness (QED) is 0.562. The maximum atomic E-state index is 14.0. The van der Waals surface area contributed by atoms with Crippen molar-refractivity contribution in [1.82, 2.24) is 0 Å². The smallest absolute Gasteiger partial charge is 0.264 e. The number of carbonyl (C=O) groups excluding carboxylic acids is 1. The minimum Gasteiger partial charge on any atom is -0.319 e. The van der Waals surface area contributed by atoms with Gasteiger partial charge in [0.25, 0.3) is 15.9 Å². The van der Waals surface area contributed by atoms with E-state index in [0.717, 1.165) is 5.56 Å². The fourth-order valence-electron chi connectivity index (χ4n) is 3.60. The van der Waals surface area contributed by atoms with Gasteiger partial charge in [0, 0.05) is 16.1 Å². The second kappa shape index (κ2) is 7.85. The van der Waals surface area contributed by atoms with Gasteiger partial charge >= 0.3 is 0 Å². The Morgan fingerprint density at radius 1 is 1.10 bits per heavy atom. The predicted molar refractivity (Wildman–Crippen MR) is 118 cm³/mol. The minimum absolute atomic E-state index is 0.0744. The Bertz CT molecular complexity index is 1230. The van der Waals surface area contributed by atoms with Crippen LogP contribution in [-0.4, -0.2) is 20.4 Å². The topological polar surface area (TPSA) is 66.5 Å². The molecule has 3 aromatic rings. The number of nitrogens with one attached hydrogen (secondary N) is 1. The molecule has 3 aromatic carbocycles. The van der Waals surface area contributed by atoms with Gasteiger partial charge in [0.15, 0.2) is 0 Å². The number of fused-ring (bicyclic) bond motifs is 1. The average Bonchev–Trinajstić information content (AvgIpc) is 3.06. The highest BCUT2D eigenvalue weighted by molar-refractivity contribution is 9.10. The Morgan fingerprint density at radius 3 is 2.53 bits per heavy atom. The first kappa shape index (κ1) is 20.6. The molecule has 0 aromatic heterocycles. The molecule has 8 heteroatoms. The van der Waals surface area contributed by atoms with Crippen LogP contribution in [0.15, 0.2) is 76.1 Å². The van der Waals surface area contributed by atoms with Gasteiger partial charge in [0.2, 0.25) is 0 Å². The van der Waals surface area contributed by atoms with E-state index >= 15 is 0 Å². The van der Waals surface area contributed by atoms with Crippen LogP contribution in [0.1, 0.15) is 22.8 Å². The van der Waals surface area contributed by atoms with Crippen molar-refractivity contribution in [2.75, 3.05) is 9.62 Å². The van der Waals surface area contributed by atoms with Crippen molar-refractivity contribution < 1.29 is 17.6 Å². The largest absolute Gasteiger partial charge is 0.319 e. The van der Waals surface area contributed by atoms with Gasteiger partial charge in [-0.25, -0.2) is 12.8 Å². The van der Waals surface area contributed by atoms with E-state index in [1.54, 1.807) is 54.6 Å². The van der Waals surface area contributed by atoms with Gasteiger partial charge in [-0.3, -0.25) is 9.10 Å². The molecule has 4 rings (SSSR count). The second-order valence-corrected chi connectivity index (χ2v) is 9.82. The predicted octanol–water partition coefficient (Wildman–Crippen LogP) is 4.98.